The number of carboxylic acid groups (broad SMARTS) is 1. The molecular formula is C12H21NO3S. The lowest BCUT2D eigenvalue weighted by Gasteiger charge is -2.29. The van der Waals surface area contributed by atoms with Crippen LogP contribution in [0.25, 0.3) is 0 Å². The van der Waals surface area contributed by atoms with Crippen LogP contribution in [0.1, 0.15) is 33.1 Å². The first-order valence-electron chi connectivity index (χ1n) is 6.15. The van der Waals surface area contributed by atoms with Crippen molar-refractivity contribution in [2.45, 2.75) is 38.4 Å². The molecule has 1 amide bonds. The largest absolute Gasteiger partial charge is 0.481 e. The van der Waals surface area contributed by atoms with Gasteiger partial charge in [-0.3, -0.25) is 9.59 Å². The Morgan fingerprint density at radius 2 is 1.82 bits per heavy atom. The average Bonchev–Trinajstić information content (AvgIpc) is 2.35. The van der Waals surface area contributed by atoms with Gasteiger partial charge in [-0.15, -0.1) is 11.8 Å². The van der Waals surface area contributed by atoms with Crippen LogP contribution in [0.4, 0.5) is 0 Å². The van der Waals surface area contributed by atoms with Crippen molar-refractivity contribution in [2.75, 3.05) is 18.8 Å². The van der Waals surface area contributed by atoms with Crippen molar-refractivity contribution < 1.29 is 14.7 Å². The van der Waals surface area contributed by atoms with E-state index >= 15 is 0 Å². The monoisotopic (exact) mass is 259 g/mol. The Kier molecular flexibility index (Phi) is 5.82. The zero-order valence-corrected chi connectivity index (χ0v) is 11.3. The first-order chi connectivity index (χ1) is 8.02. The van der Waals surface area contributed by atoms with Gasteiger partial charge in [0.2, 0.25) is 5.91 Å². The second-order valence-corrected chi connectivity index (χ2v) is 5.97. The molecule has 1 aliphatic rings. The molecule has 1 fully saturated rings. The molecule has 2 unspecified atom stereocenters. The molecule has 98 valence electrons. The van der Waals surface area contributed by atoms with E-state index in [4.69, 9.17) is 5.11 Å². The number of hydrogen-bond acceptors (Lipinski definition) is 3. The first kappa shape index (κ1) is 14.4. The third kappa shape index (κ3) is 4.58. The highest BCUT2D eigenvalue weighted by atomic mass is 32.2. The van der Waals surface area contributed by atoms with E-state index in [9.17, 15) is 9.59 Å². The predicted octanol–water partition coefficient (Wildman–Crippen LogP) is 1.84. The van der Waals surface area contributed by atoms with Crippen LogP contribution in [0.3, 0.4) is 0 Å². The molecule has 1 aliphatic heterocycles. The Bertz CT molecular complexity index is 277. The lowest BCUT2D eigenvalue weighted by atomic mass is 10.1. The van der Waals surface area contributed by atoms with E-state index in [0.717, 1.165) is 25.9 Å². The van der Waals surface area contributed by atoms with Gasteiger partial charge in [0.05, 0.1) is 11.2 Å². The van der Waals surface area contributed by atoms with Crippen LogP contribution in [0.15, 0.2) is 0 Å². The highest BCUT2D eigenvalue weighted by molar-refractivity contribution is 8.00. The molecule has 1 heterocycles. The molecule has 5 heteroatoms. The number of aliphatic carboxylic acids is 1. The summed E-state index contributed by atoms with van der Waals surface area (Å²) in [5, 5.41) is 8.64. The van der Waals surface area contributed by atoms with Crippen molar-refractivity contribution in [1.29, 1.82) is 0 Å². The Labute approximate surface area is 107 Å². The number of nitrogens with zero attached hydrogens (tertiary/aromatic N) is 1. The van der Waals surface area contributed by atoms with Gasteiger partial charge in [0.25, 0.3) is 0 Å². The fourth-order valence-corrected chi connectivity index (χ4v) is 2.81. The summed E-state index contributed by atoms with van der Waals surface area (Å²) in [5.41, 5.74) is 0. The molecule has 0 aromatic rings. The number of rotatable bonds is 5. The number of amides is 1. The lowest BCUT2D eigenvalue weighted by Crippen LogP contribution is -2.40. The fourth-order valence-electron chi connectivity index (χ4n) is 1.80. The van der Waals surface area contributed by atoms with Crippen LogP contribution in [-0.2, 0) is 9.59 Å². The summed E-state index contributed by atoms with van der Waals surface area (Å²) < 4.78 is 0. The number of carbonyl (C=O) groups is 2. The standard InChI is InChI=1S/C12H21NO3S/c1-9(12(15)16)8-17-10(2)11(14)13-6-4-3-5-7-13/h9-10H,3-8H2,1-2H3,(H,15,16). The zero-order valence-electron chi connectivity index (χ0n) is 10.5. The van der Waals surface area contributed by atoms with E-state index in [1.54, 1.807) is 6.92 Å². The highest BCUT2D eigenvalue weighted by Crippen LogP contribution is 2.19. The molecule has 0 aliphatic carbocycles. The van der Waals surface area contributed by atoms with Crippen molar-refractivity contribution in [3.8, 4) is 0 Å². The average molecular weight is 259 g/mol. The van der Waals surface area contributed by atoms with Gasteiger partial charge in [-0.2, -0.15) is 0 Å². The summed E-state index contributed by atoms with van der Waals surface area (Å²) in [6.45, 7) is 5.26. The van der Waals surface area contributed by atoms with Gasteiger partial charge in [0.15, 0.2) is 0 Å². The van der Waals surface area contributed by atoms with Crippen molar-refractivity contribution >= 4 is 23.6 Å². The predicted molar refractivity (Wildman–Crippen MR) is 69.2 cm³/mol. The topological polar surface area (TPSA) is 57.6 Å². The normalized spacial score (nSPS) is 19.8. The summed E-state index contributed by atoms with van der Waals surface area (Å²) in [7, 11) is 0. The fraction of sp³-hybridized carbons (Fsp3) is 0.833. The molecule has 0 radical (unpaired) electrons. The number of carbonyl (C=O) groups excluding carboxylic acids is 1. The van der Waals surface area contributed by atoms with Gasteiger partial charge < -0.3 is 10.0 Å². The highest BCUT2D eigenvalue weighted by Gasteiger charge is 2.23. The van der Waals surface area contributed by atoms with Gasteiger partial charge in [-0.25, -0.2) is 0 Å². The van der Waals surface area contributed by atoms with E-state index in [2.05, 4.69) is 0 Å². The van der Waals surface area contributed by atoms with E-state index in [1.165, 1.54) is 18.2 Å². The van der Waals surface area contributed by atoms with Crippen LogP contribution in [0, 0.1) is 5.92 Å². The minimum absolute atomic E-state index is 0.130. The smallest absolute Gasteiger partial charge is 0.307 e. The van der Waals surface area contributed by atoms with Crippen LogP contribution in [0.5, 0.6) is 0 Å². The number of hydrogen-bond donors (Lipinski definition) is 1. The molecule has 1 rings (SSSR count). The quantitative estimate of drug-likeness (QED) is 0.818. The second-order valence-electron chi connectivity index (χ2n) is 4.60. The molecule has 0 aromatic carbocycles. The van der Waals surface area contributed by atoms with Gasteiger partial charge in [-0.1, -0.05) is 6.92 Å². The van der Waals surface area contributed by atoms with Gasteiger partial charge in [-0.05, 0) is 26.2 Å². The Morgan fingerprint density at radius 1 is 1.24 bits per heavy atom. The first-order valence-corrected chi connectivity index (χ1v) is 7.20. The van der Waals surface area contributed by atoms with Crippen molar-refractivity contribution in [3.63, 3.8) is 0 Å². The van der Waals surface area contributed by atoms with Crippen molar-refractivity contribution in [3.05, 3.63) is 0 Å². The molecule has 1 saturated heterocycles. The number of carboxylic acids is 1. The molecule has 4 nitrogen and oxygen atoms in total. The summed E-state index contributed by atoms with van der Waals surface area (Å²) in [4.78, 5) is 24.6. The van der Waals surface area contributed by atoms with Crippen LogP contribution in [0.2, 0.25) is 0 Å². The van der Waals surface area contributed by atoms with E-state index < -0.39 is 11.9 Å². The maximum absolute atomic E-state index is 12.0. The van der Waals surface area contributed by atoms with Gasteiger partial charge in [0.1, 0.15) is 0 Å². The summed E-state index contributed by atoms with van der Waals surface area (Å²) >= 11 is 1.44. The van der Waals surface area contributed by atoms with Crippen LogP contribution >= 0.6 is 11.8 Å². The molecule has 2 atom stereocenters. The third-order valence-electron chi connectivity index (χ3n) is 3.03. The lowest BCUT2D eigenvalue weighted by molar-refractivity contribution is -0.140. The maximum Gasteiger partial charge on any atom is 0.307 e. The molecule has 1 N–H and O–H groups in total. The zero-order chi connectivity index (χ0) is 12.8. The van der Waals surface area contributed by atoms with Gasteiger partial charge in [0, 0.05) is 18.8 Å². The second kappa shape index (κ2) is 6.89. The summed E-state index contributed by atoms with van der Waals surface area (Å²) in [5.74, 6) is -0.533. The number of likely N-dealkylation sites (tertiary alicyclic amines) is 1. The van der Waals surface area contributed by atoms with Crippen molar-refractivity contribution in [1.82, 2.24) is 4.90 Å². The molecule has 0 aromatic heterocycles. The van der Waals surface area contributed by atoms with Crippen molar-refractivity contribution in [2.24, 2.45) is 5.92 Å². The minimum atomic E-state index is -0.796. The molecular weight excluding hydrogens is 238 g/mol. The van der Waals surface area contributed by atoms with Crippen LogP contribution in [-0.4, -0.2) is 46.0 Å². The Balaban J connectivity index is 2.33. The Hall–Kier alpha value is -0.710. The number of piperidine rings is 1. The molecule has 0 saturated carbocycles. The van der Waals surface area contributed by atoms with Crippen LogP contribution < -0.4 is 0 Å². The van der Waals surface area contributed by atoms with E-state index in [1.807, 2.05) is 11.8 Å². The third-order valence-corrected chi connectivity index (χ3v) is 4.43. The summed E-state index contributed by atoms with van der Waals surface area (Å²) in [6.07, 6.45) is 3.39. The molecule has 0 bridgehead atoms. The molecule has 0 spiro atoms. The van der Waals surface area contributed by atoms with E-state index in [0.29, 0.717) is 5.75 Å². The van der Waals surface area contributed by atoms with Gasteiger partial charge >= 0.3 is 5.97 Å². The SMILES string of the molecule is CC(CSC(C)C(=O)N1CCCCC1)C(=O)O. The Morgan fingerprint density at radius 3 is 2.35 bits per heavy atom. The van der Waals surface area contributed by atoms with E-state index in [-0.39, 0.29) is 11.2 Å². The maximum atomic E-state index is 12.0. The summed E-state index contributed by atoms with van der Waals surface area (Å²) in [6, 6.07) is 0. The number of thioether (sulfide) groups is 1. The molecule has 17 heavy (non-hydrogen) atoms. The minimum Gasteiger partial charge on any atom is -0.481 e.